The average Bonchev–Trinajstić information content (AvgIpc) is 3.26. The van der Waals surface area contributed by atoms with Crippen molar-refractivity contribution < 1.29 is 22.4 Å². The van der Waals surface area contributed by atoms with Crippen molar-refractivity contribution >= 4 is 27.3 Å². The number of nitrogens with zero attached hydrogens (tertiary/aromatic N) is 2. The van der Waals surface area contributed by atoms with Crippen molar-refractivity contribution in [3.63, 3.8) is 0 Å². The lowest BCUT2D eigenvalue weighted by molar-refractivity contribution is -0.125. The van der Waals surface area contributed by atoms with Crippen LogP contribution in [0.4, 0.5) is 10.1 Å². The lowest BCUT2D eigenvalue weighted by Gasteiger charge is -2.26. The van der Waals surface area contributed by atoms with Crippen molar-refractivity contribution in [1.29, 1.82) is 0 Å². The second-order valence-corrected chi connectivity index (χ2v) is 9.69. The van der Waals surface area contributed by atoms with E-state index in [9.17, 15) is 17.6 Å². The Bertz CT molecular complexity index is 1130. The fourth-order valence-electron chi connectivity index (χ4n) is 3.78. The molecule has 0 radical (unpaired) electrons. The quantitative estimate of drug-likeness (QED) is 0.764. The van der Waals surface area contributed by atoms with Crippen molar-refractivity contribution in [2.45, 2.75) is 43.6 Å². The number of benzene rings is 2. The van der Waals surface area contributed by atoms with Gasteiger partial charge in [0.2, 0.25) is 16.1 Å². The number of rotatable bonds is 5. The van der Waals surface area contributed by atoms with Crippen molar-refractivity contribution in [1.82, 2.24) is 4.31 Å². The first-order valence-electron chi connectivity index (χ1n) is 10.2. The van der Waals surface area contributed by atoms with Crippen LogP contribution < -0.4 is 5.32 Å². The molecule has 2 aliphatic rings. The summed E-state index contributed by atoms with van der Waals surface area (Å²) in [4.78, 5) is 18.1. The van der Waals surface area contributed by atoms with Gasteiger partial charge in [0.1, 0.15) is 5.82 Å². The first-order valence-corrected chi connectivity index (χ1v) is 11.7. The van der Waals surface area contributed by atoms with Crippen LogP contribution in [-0.2, 0) is 19.7 Å². The van der Waals surface area contributed by atoms with Gasteiger partial charge in [-0.2, -0.15) is 4.31 Å². The normalized spacial score (nSPS) is 19.5. The number of halogens is 1. The molecule has 1 N–H and O–H groups in total. The molecule has 0 aliphatic carbocycles. The van der Waals surface area contributed by atoms with E-state index in [0.717, 1.165) is 19.3 Å². The Hall–Kier alpha value is -2.78. The zero-order valence-corrected chi connectivity index (χ0v) is 18.0. The lowest BCUT2D eigenvalue weighted by atomic mass is 10.0. The van der Waals surface area contributed by atoms with E-state index >= 15 is 0 Å². The van der Waals surface area contributed by atoms with E-state index in [1.165, 1.54) is 22.5 Å². The van der Waals surface area contributed by atoms with Crippen LogP contribution in [0, 0.1) is 12.7 Å². The summed E-state index contributed by atoms with van der Waals surface area (Å²) in [6, 6.07) is 10.8. The molecule has 2 aromatic rings. The maximum atomic E-state index is 13.4. The molecule has 0 saturated carbocycles. The first kappa shape index (κ1) is 21.5. The third kappa shape index (κ3) is 4.62. The van der Waals surface area contributed by atoms with Gasteiger partial charge in [-0.15, -0.1) is 0 Å². The topological polar surface area (TPSA) is 88.1 Å². The number of anilines is 1. The van der Waals surface area contributed by atoms with Gasteiger partial charge in [0.05, 0.1) is 10.6 Å². The molecule has 1 atom stereocenters. The summed E-state index contributed by atoms with van der Waals surface area (Å²) in [7, 11) is -3.63. The smallest absolute Gasteiger partial charge is 0.268 e. The molecule has 2 aliphatic heterocycles. The van der Waals surface area contributed by atoms with Gasteiger partial charge in [-0.3, -0.25) is 4.79 Å². The minimum Gasteiger partial charge on any atom is -0.382 e. The molecule has 1 fully saturated rings. The van der Waals surface area contributed by atoms with Gasteiger partial charge in [0, 0.05) is 30.8 Å². The highest BCUT2D eigenvalue weighted by molar-refractivity contribution is 7.89. The van der Waals surface area contributed by atoms with Crippen LogP contribution in [0.2, 0.25) is 0 Å². The minimum absolute atomic E-state index is 0.191. The van der Waals surface area contributed by atoms with Crippen LogP contribution >= 0.6 is 0 Å². The van der Waals surface area contributed by atoms with Crippen LogP contribution in [0.3, 0.4) is 0 Å². The van der Waals surface area contributed by atoms with Gasteiger partial charge in [0.15, 0.2) is 0 Å². The Morgan fingerprint density at radius 2 is 1.94 bits per heavy atom. The predicted molar refractivity (Wildman–Crippen MR) is 115 cm³/mol. The molecule has 2 aromatic carbocycles. The molecule has 0 aromatic heterocycles. The summed E-state index contributed by atoms with van der Waals surface area (Å²) < 4.78 is 41.1. The zero-order chi connectivity index (χ0) is 22.0. The number of piperidine rings is 1. The second kappa shape index (κ2) is 8.76. The molecular formula is C22H24FN3O4S. The molecule has 1 saturated heterocycles. The first-order chi connectivity index (χ1) is 14.8. The van der Waals surface area contributed by atoms with Crippen LogP contribution in [0.25, 0.3) is 0 Å². The average molecular weight is 446 g/mol. The SMILES string of the molecule is Cc1ccc(NC(=O)C2CC(c3cccc(F)c3)=NO2)cc1S(=O)(=O)N1CCCCC1. The van der Waals surface area contributed by atoms with Gasteiger partial charge in [0.25, 0.3) is 5.91 Å². The fraction of sp³-hybridized carbons (Fsp3) is 0.364. The van der Waals surface area contributed by atoms with Gasteiger partial charge in [-0.25, -0.2) is 12.8 Å². The number of nitrogens with one attached hydrogen (secondary N) is 1. The molecule has 7 nitrogen and oxygen atoms in total. The number of sulfonamides is 1. The summed E-state index contributed by atoms with van der Waals surface area (Å²) in [5, 5.41) is 6.63. The number of hydrogen-bond acceptors (Lipinski definition) is 5. The van der Waals surface area contributed by atoms with Gasteiger partial charge >= 0.3 is 0 Å². The number of oxime groups is 1. The molecule has 0 spiro atoms. The highest BCUT2D eigenvalue weighted by atomic mass is 32.2. The molecular weight excluding hydrogens is 421 g/mol. The number of hydrogen-bond donors (Lipinski definition) is 1. The molecule has 1 amide bonds. The molecule has 31 heavy (non-hydrogen) atoms. The van der Waals surface area contributed by atoms with E-state index in [1.54, 1.807) is 31.2 Å². The fourth-order valence-corrected chi connectivity index (χ4v) is 5.55. The van der Waals surface area contributed by atoms with Crippen LogP contribution in [0.15, 0.2) is 52.5 Å². The number of aryl methyl sites for hydroxylation is 1. The molecule has 164 valence electrons. The van der Waals surface area contributed by atoms with Crippen LogP contribution in [0.1, 0.15) is 36.8 Å². The zero-order valence-electron chi connectivity index (χ0n) is 17.2. The molecule has 9 heteroatoms. The summed E-state index contributed by atoms with van der Waals surface area (Å²) in [5.74, 6) is -0.837. The lowest BCUT2D eigenvalue weighted by Crippen LogP contribution is -2.36. The number of amides is 1. The van der Waals surface area contributed by atoms with E-state index in [4.69, 9.17) is 4.84 Å². The van der Waals surface area contributed by atoms with Crippen molar-refractivity contribution in [2.75, 3.05) is 18.4 Å². The van der Waals surface area contributed by atoms with E-state index in [2.05, 4.69) is 10.5 Å². The molecule has 0 bridgehead atoms. The predicted octanol–water partition coefficient (Wildman–Crippen LogP) is 3.44. The molecule has 4 rings (SSSR count). The summed E-state index contributed by atoms with van der Waals surface area (Å²) in [5.41, 5.74) is 2.03. The number of carbonyl (C=O) groups is 1. The molecule has 1 unspecified atom stereocenters. The standard InChI is InChI=1S/C22H24FN3O4S/c1-15-8-9-18(13-21(15)31(28,29)26-10-3-2-4-11-26)24-22(27)20-14-19(25-30-20)16-6-5-7-17(23)12-16/h5-9,12-13,20H,2-4,10-11,14H2,1H3,(H,24,27). The maximum absolute atomic E-state index is 13.4. The number of carbonyl (C=O) groups excluding carboxylic acids is 1. The minimum atomic E-state index is -3.63. The monoisotopic (exact) mass is 445 g/mol. The highest BCUT2D eigenvalue weighted by Gasteiger charge is 2.31. The summed E-state index contributed by atoms with van der Waals surface area (Å²) in [6.07, 6.45) is 2.05. The van der Waals surface area contributed by atoms with Gasteiger partial charge < -0.3 is 10.2 Å². The van der Waals surface area contributed by atoms with E-state index in [0.29, 0.717) is 35.6 Å². The van der Waals surface area contributed by atoms with Crippen molar-refractivity contribution in [2.24, 2.45) is 5.16 Å². The third-order valence-electron chi connectivity index (χ3n) is 5.51. The second-order valence-electron chi connectivity index (χ2n) is 7.78. The van der Waals surface area contributed by atoms with E-state index in [-0.39, 0.29) is 11.3 Å². The maximum Gasteiger partial charge on any atom is 0.268 e. The summed E-state index contributed by atoms with van der Waals surface area (Å²) >= 11 is 0. The van der Waals surface area contributed by atoms with Crippen LogP contribution in [0.5, 0.6) is 0 Å². The van der Waals surface area contributed by atoms with Gasteiger partial charge in [-0.05, 0) is 49.6 Å². The van der Waals surface area contributed by atoms with E-state index in [1.807, 2.05) is 0 Å². The van der Waals surface area contributed by atoms with Crippen molar-refractivity contribution in [3.8, 4) is 0 Å². The summed E-state index contributed by atoms with van der Waals surface area (Å²) in [6.45, 7) is 2.75. The Balaban J connectivity index is 1.46. The van der Waals surface area contributed by atoms with Gasteiger partial charge in [-0.1, -0.05) is 29.8 Å². The van der Waals surface area contributed by atoms with E-state index < -0.39 is 27.9 Å². The molecule has 2 heterocycles. The third-order valence-corrected chi connectivity index (χ3v) is 7.55. The Kier molecular flexibility index (Phi) is 6.06. The Morgan fingerprint density at radius 1 is 1.16 bits per heavy atom. The highest BCUT2D eigenvalue weighted by Crippen LogP contribution is 2.27. The Labute approximate surface area is 180 Å². The largest absolute Gasteiger partial charge is 0.382 e. The van der Waals surface area contributed by atoms with Crippen molar-refractivity contribution in [3.05, 3.63) is 59.4 Å². The Morgan fingerprint density at radius 3 is 2.68 bits per heavy atom. The van der Waals surface area contributed by atoms with Crippen LogP contribution in [-0.4, -0.2) is 43.5 Å².